The predicted octanol–water partition coefficient (Wildman–Crippen LogP) is 4.25. The van der Waals surface area contributed by atoms with Crippen molar-refractivity contribution in [2.45, 2.75) is 13.5 Å². The molecule has 2 aromatic carbocycles. The molecule has 0 N–H and O–H groups in total. The van der Waals surface area contributed by atoms with E-state index in [-0.39, 0.29) is 5.91 Å². The summed E-state index contributed by atoms with van der Waals surface area (Å²) < 4.78 is 8.95. The maximum absolute atomic E-state index is 13.6. The van der Waals surface area contributed by atoms with Gasteiger partial charge in [0.1, 0.15) is 11.4 Å². The molecule has 0 bridgehead atoms. The summed E-state index contributed by atoms with van der Waals surface area (Å²) in [5.74, 6) is 1.24. The minimum atomic E-state index is -0.140. The lowest BCUT2D eigenvalue weighted by Gasteiger charge is -2.20. The van der Waals surface area contributed by atoms with E-state index in [2.05, 4.69) is 10.1 Å². The number of fused-ring (bicyclic) bond motifs is 1. The van der Waals surface area contributed by atoms with Gasteiger partial charge in [-0.15, -0.1) is 0 Å². The maximum Gasteiger partial charge on any atom is 0.275 e. The highest BCUT2D eigenvalue weighted by molar-refractivity contribution is 5.99. The fourth-order valence-corrected chi connectivity index (χ4v) is 3.96. The highest BCUT2D eigenvalue weighted by Crippen LogP contribution is 2.26. The number of methoxy groups -OCH3 is 1. The second-order valence-electron chi connectivity index (χ2n) is 7.75. The van der Waals surface area contributed by atoms with Crippen LogP contribution >= 0.6 is 0 Å². The lowest BCUT2D eigenvalue weighted by Crippen LogP contribution is -2.30. The first-order chi connectivity index (χ1) is 16.7. The molecule has 0 spiro atoms. The number of benzene rings is 2. The van der Waals surface area contributed by atoms with Crippen LogP contribution in [0.1, 0.15) is 23.0 Å². The summed E-state index contributed by atoms with van der Waals surface area (Å²) in [7, 11) is 1.63. The molecule has 5 rings (SSSR count). The minimum Gasteiger partial charge on any atom is -0.497 e. The predicted molar refractivity (Wildman–Crippen MR) is 129 cm³/mol. The molecule has 0 fully saturated rings. The van der Waals surface area contributed by atoms with E-state index >= 15 is 0 Å². The van der Waals surface area contributed by atoms with Gasteiger partial charge in [-0.2, -0.15) is 5.10 Å². The number of aromatic nitrogens is 5. The van der Waals surface area contributed by atoms with Crippen molar-refractivity contribution < 1.29 is 9.53 Å². The lowest BCUT2D eigenvalue weighted by molar-refractivity contribution is 0.0749. The molecule has 3 heterocycles. The van der Waals surface area contributed by atoms with Crippen molar-refractivity contribution in [2.75, 3.05) is 13.7 Å². The SMILES string of the molecule is CCN(Cc1ccccc1)C(=O)c1nc(-c2ccnn2-c2ccc(OC)cc2)n2ccncc12. The van der Waals surface area contributed by atoms with E-state index in [1.54, 1.807) is 35.3 Å². The van der Waals surface area contributed by atoms with E-state index in [0.717, 1.165) is 22.7 Å². The van der Waals surface area contributed by atoms with Crippen molar-refractivity contribution in [3.05, 3.63) is 96.7 Å². The normalized spacial score (nSPS) is 11.0. The Morgan fingerprint density at radius 2 is 1.82 bits per heavy atom. The van der Waals surface area contributed by atoms with Gasteiger partial charge >= 0.3 is 0 Å². The van der Waals surface area contributed by atoms with Crippen molar-refractivity contribution in [1.82, 2.24) is 29.0 Å². The van der Waals surface area contributed by atoms with Gasteiger partial charge in [-0.1, -0.05) is 30.3 Å². The second kappa shape index (κ2) is 9.19. The average molecular weight is 453 g/mol. The number of hydrogen-bond donors (Lipinski definition) is 0. The lowest BCUT2D eigenvalue weighted by atomic mass is 10.2. The molecule has 0 saturated carbocycles. The van der Waals surface area contributed by atoms with Crippen molar-refractivity contribution in [3.63, 3.8) is 0 Å². The van der Waals surface area contributed by atoms with Crippen molar-refractivity contribution >= 4 is 11.4 Å². The first kappa shape index (κ1) is 21.4. The maximum atomic E-state index is 13.6. The molecule has 0 aliphatic heterocycles. The van der Waals surface area contributed by atoms with Crippen LogP contribution in [-0.4, -0.2) is 48.6 Å². The molecular weight excluding hydrogens is 428 g/mol. The number of carbonyl (C=O) groups is 1. The molecule has 0 radical (unpaired) electrons. The first-order valence-corrected chi connectivity index (χ1v) is 11.0. The zero-order valence-electron chi connectivity index (χ0n) is 19.0. The van der Waals surface area contributed by atoms with Crippen LogP contribution in [0.25, 0.3) is 22.7 Å². The van der Waals surface area contributed by atoms with E-state index in [1.165, 1.54) is 0 Å². The molecule has 0 aliphatic rings. The molecular formula is C26H24N6O2. The van der Waals surface area contributed by atoms with Gasteiger partial charge < -0.3 is 9.64 Å². The van der Waals surface area contributed by atoms with Crippen molar-refractivity contribution in [2.24, 2.45) is 0 Å². The fraction of sp³-hybridized carbons (Fsp3) is 0.154. The Labute approximate surface area is 197 Å². The number of ether oxygens (including phenoxy) is 1. The van der Waals surface area contributed by atoms with E-state index in [9.17, 15) is 4.79 Å². The number of rotatable bonds is 7. The number of amides is 1. The summed E-state index contributed by atoms with van der Waals surface area (Å²) in [4.78, 5) is 24.4. The van der Waals surface area contributed by atoms with Crippen LogP contribution in [-0.2, 0) is 6.54 Å². The van der Waals surface area contributed by atoms with Crippen molar-refractivity contribution in [1.29, 1.82) is 0 Å². The Morgan fingerprint density at radius 1 is 1.03 bits per heavy atom. The monoisotopic (exact) mass is 452 g/mol. The smallest absolute Gasteiger partial charge is 0.275 e. The molecule has 0 atom stereocenters. The van der Waals surface area contributed by atoms with E-state index in [0.29, 0.717) is 30.1 Å². The van der Waals surface area contributed by atoms with Crippen LogP contribution in [0.3, 0.4) is 0 Å². The first-order valence-electron chi connectivity index (χ1n) is 11.0. The number of hydrogen-bond acceptors (Lipinski definition) is 5. The van der Waals surface area contributed by atoms with Gasteiger partial charge in [0.15, 0.2) is 11.5 Å². The highest BCUT2D eigenvalue weighted by atomic mass is 16.5. The topological polar surface area (TPSA) is 77.5 Å². The van der Waals surface area contributed by atoms with Gasteiger partial charge in [0, 0.05) is 25.5 Å². The summed E-state index contributed by atoms with van der Waals surface area (Å²) in [6.07, 6.45) is 6.89. The van der Waals surface area contributed by atoms with Crippen LogP contribution in [0, 0.1) is 0 Å². The largest absolute Gasteiger partial charge is 0.497 e. The third-order valence-electron chi connectivity index (χ3n) is 5.72. The molecule has 8 nitrogen and oxygen atoms in total. The molecule has 8 heteroatoms. The summed E-state index contributed by atoms with van der Waals surface area (Å²) in [6, 6.07) is 19.4. The summed E-state index contributed by atoms with van der Waals surface area (Å²) in [5, 5.41) is 4.50. The second-order valence-corrected chi connectivity index (χ2v) is 7.75. The van der Waals surface area contributed by atoms with Gasteiger partial charge in [-0.25, -0.2) is 9.67 Å². The van der Waals surface area contributed by atoms with Gasteiger partial charge in [0.05, 0.1) is 30.7 Å². The van der Waals surface area contributed by atoms with Crippen LogP contribution < -0.4 is 4.74 Å². The third-order valence-corrected chi connectivity index (χ3v) is 5.72. The Hall–Kier alpha value is -4.46. The number of carbonyl (C=O) groups excluding carboxylic acids is 1. The molecule has 1 amide bonds. The van der Waals surface area contributed by atoms with Crippen LogP contribution in [0.15, 0.2) is 85.5 Å². The molecule has 0 aliphatic carbocycles. The Kier molecular flexibility index (Phi) is 5.78. The van der Waals surface area contributed by atoms with Gasteiger partial charge in [0.2, 0.25) is 0 Å². The number of nitrogens with zero attached hydrogens (tertiary/aromatic N) is 6. The van der Waals surface area contributed by atoms with Crippen LogP contribution in [0.2, 0.25) is 0 Å². The zero-order valence-corrected chi connectivity index (χ0v) is 19.0. The Morgan fingerprint density at radius 3 is 2.56 bits per heavy atom. The van der Waals surface area contributed by atoms with Crippen molar-refractivity contribution in [3.8, 4) is 23.0 Å². The summed E-state index contributed by atoms with van der Waals surface area (Å²) in [6.45, 7) is 3.04. The quantitative estimate of drug-likeness (QED) is 0.369. The molecule has 3 aromatic heterocycles. The van der Waals surface area contributed by atoms with E-state index < -0.39 is 0 Å². The number of imidazole rings is 1. The van der Waals surface area contributed by atoms with E-state index in [1.807, 2.05) is 78.2 Å². The minimum absolute atomic E-state index is 0.140. The van der Waals surface area contributed by atoms with Gasteiger partial charge in [-0.3, -0.25) is 14.2 Å². The summed E-state index contributed by atoms with van der Waals surface area (Å²) >= 11 is 0. The molecule has 34 heavy (non-hydrogen) atoms. The fourth-order valence-electron chi connectivity index (χ4n) is 3.96. The summed E-state index contributed by atoms with van der Waals surface area (Å²) in [5.41, 5.74) is 3.70. The standard InChI is InChI=1S/C26H24N6O2/c1-3-30(18-19-7-5-4-6-8-19)26(33)24-23-17-27-15-16-31(23)25(29-24)22-13-14-28-32(22)20-9-11-21(34-2)12-10-20/h4-17H,3,18H2,1-2H3. The molecule has 5 aromatic rings. The third kappa shape index (κ3) is 3.90. The molecule has 0 unspecified atom stereocenters. The molecule has 0 saturated heterocycles. The Bertz CT molecular complexity index is 1420. The zero-order chi connectivity index (χ0) is 23.5. The van der Waals surface area contributed by atoms with Gasteiger partial charge in [0.25, 0.3) is 5.91 Å². The van der Waals surface area contributed by atoms with Gasteiger partial charge in [-0.05, 0) is 42.8 Å². The Balaban J connectivity index is 1.57. The van der Waals surface area contributed by atoms with Crippen LogP contribution in [0.4, 0.5) is 0 Å². The van der Waals surface area contributed by atoms with Crippen LogP contribution in [0.5, 0.6) is 5.75 Å². The highest BCUT2D eigenvalue weighted by Gasteiger charge is 2.24. The molecule has 170 valence electrons. The average Bonchev–Trinajstić information content (AvgIpc) is 3.52. The van der Waals surface area contributed by atoms with E-state index in [4.69, 9.17) is 9.72 Å².